The van der Waals surface area contributed by atoms with Gasteiger partial charge >= 0.3 is 5.97 Å². The molecule has 1 atom stereocenters. The lowest BCUT2D eigenvalue weighted by Gasteiger charge is -2.14. The van der Waals surface area contributed by atoms with Crippen LogP contribution in [0.25, 0.3) is 0 Å². The van der Waals surface area contributed by atoms with Crippen LogP contribution in [-0.2, 0) is 16.1 Å². The maximum Gasteiger partial charge on any atom is 0.308 e. The van der Waals surface area contributed by atoms with E-state index in [1.54, 1.807) is 38.3 Å². The van der Waals surface area contributed by atoms with Gasteiger partial charge in [0, 0.05) is 17.2 Å². The molecule has 0 saturated heterocycles. The summed E-state index contributed by atoms with van der Waals surface area (Å²) >= 11 is 0. The van der Waals surface area contributed by atoms with Gasteiger partial charge in [0.1, 0.15) is 12.4 Å². The van der Waals surface area contributed by atoms with Crippen molar-refractivity contribution in [3.63, 3.8) is 0 Å². The first-order valence-electron chi connectivity index (χ1n) is 7.73. The number of amides is 1. The molecule has 5 nitrogen and oxygen atoms in total. The van der Waals surface area contributed by atoms with Crippen molar-refractivity contribution in [1.82, 2.24) is 5.32 Å². The van der Waals surface area contributed by atoms with Crippen molar-refractivity contribution < 1.29 is 19.1 Å². The molecule has 126 valence electrons. The van der Waals surface area contributed by atoms with E-state index in [1.165, 1.54) is 0 Å². The van der Waals surface area contributed by atoms with Gasteiger partial charge in [-0.2, -0.15) is 0 Å². The van der Waals surface area contributed by atoms with E-state index in [-0.39, 0.29) is 30.9 Å². The second-order valence-electron chi connectivity index (χ2n) is 5.42. The van der Waals surface area contributed by atoms with Crippen LogP contribution in [0, 0.1) is 0 Å². The van der Waals surface area contributed by atoms with Crippen LogP contribution in [0.1, 0.15) is 29.3 Å². The van der Waals surface area contributed by atoms with Gasteiger partial charge in [0.15, 0.2) is 0 Å². The van der Waals surface area contributed by atoms with Crippen LogP contribution in [0.4, 0.5) is 0 Å². The van der Waals surface area contributed by atoms with Crippen LogP contribution < -0.4 is 10.1 Å². The maximum absolute atomic E-state index is 12.0. The molecule has 0 bridgehead atoms. The van der Waals surface area contributed by atoms with Gasteiger partial charge in [-0.3, -0.25) is 9.59 Å². The van der Waals surface area contributed by atoms with E-state index in [2.05, 4.69) is 5.32 Å². The molecule has 0 radical (unpaired) electrons. The number of benzene rings is 2. The topological polar surface area (TPSA) is 64.6 Å². The quantitative estimate of drug-likeness (QED) is 0.794. The number of carbonyl (C=O) groups excluding carboxylic acids is 2. The zero-order chi connectivity index (χ0) is 17.4. The minimum atomic E-state index is -0.373. The Labute approximate surface area is 141 Å². The van der Waals surface area contributed by atoms with E-state index in [4.69, 9.17) is 9.47 Å². The molecule has 5 heteroatoms. The number of carbonyl (C=O) groups is 2. The van der Waals surface area contributed by atoms with Gasteiger partial charge in [-0.25, -0.2) is 0 Å². The van der Waals surface area contributed by atoms with Crippen molar-refractivity contribution in [2.45, 2.75) is 26.0 Å². The third-order valence-electron chi connectivity index (χ3n) is 3.47. The third-order valence-corrected chi connectivity index (χ3v) is 3.47. The highest BCUT2D eigenvalue weighted by Crippen LogP contribution is 2.18. The van der Waals surface area contributed by atoms with Crippen LogP contribution in [0.3, 0.4) is 0 Å². The van der Waals surface area contributed by atoms with Gasteiger partial charge in [-0.05, 0) is 25.1 Å². The lowest BCUT2D eigenvalue weighted by Crippen LogP contribution is -2.34. The Morgan fingerprint density at radius 2 is 1.71 bits per heavy atom. The molecule has 24 heavy (non-hydrogen) atoms. The second-order valence-corrected chi connectivity index (χ2v) is 5.42. The van der Waals surface area contributed by atoms with Gasteiger partial charge in [0.05, 0.1) is 13.5 Å². The van der Waals surface area contributed by atoms with Gasteiger partial charge in [-0.15, -0.1) is 0 Å². The smallest absolute Gasteiger partial charge is 0.308 e. The molecule has 0 aliphatic heterocycles. The predicted molar refractivity (Wildman–Crippen MR) is 90.8 cm³/mol. The summed E-state index contributed by atoms with van der Waals surface area (Å²) < 4.78 is 10.5. The van der Waals surface area contributed by atoms with E-state index < -0.39 is 0 Å². The van der Waals surface area contributed by atoms with Crippen molar-refractivity contribution in [2.24, 2.45) is 0 Å². The fourth-order valence-electron chi connectivity index (χ4n) is 2.24. The first-order valence-corrected chi connectivity index (χ1v) is 7.73. The Hall–Kier alpha value is -2.82. The molecule has 0 aliphatic rings. The summed E-state index contributed by atoms with van der Waals surface area (Å²) in [6.07, 6.45) is 0.105. The molecule has 1 amide bonds. The highest BCUT2D eigenvalue weighted by Gasteiger charge is 2.14. The molecule has 0 spiro atoms. The van der Waals surface area contributed by atoms with Crippen LogP contribution in [-0.4, -0.2) is 25.0 Å². The lowest BCUT2D eigenvalue weighted by molar-refractivity contribution is -0.145. The Morgan fingerprint density at radius 1 is 1.04 bits per heavy atom. The lowest BCUT2D eigenvalue weighted by atomic mass is 10.2. The predicted octanol–water partition coefficient (Wildman–Crippen LogP) is 2.95. The molecule has 0 saturated carbocycles. The molecule has 0 fully saturated rings. The summed E-state index contributed by atoms with van der Waals surface area (Å²) in [6.45, 7) is 1.91. The van der Waals surface area contributed by atoms with Crippen molar-refractivity contribution in [3.8, 4) is 5.75 Å². The zero-order valence-corrected chi connectivity index (χ0v) is 13.8. The third kappa shape index (κ3) is 5.12. The fraction of sp³-hybridized carbons (Fsp3) is 0.263. The van der Waals surface area contributed by atoms with Gasteiger partial charge in [0.25, 0.3) is 5.91 Å². The Bertz CT molecular complexity index is 685. The number of para-hydroxylation sites is 1. The normalized spacial score (nSPS) is 11.4. The molecular weight excluding hydrogens is 306 g/mol. The summed E-state index contributed by atoms with van der Waals surface area (Å²) in [5, 5.41) is 2.78. The number of ether oxygens (including phenoxy) is 2. The zero-order valence-electron chi connectivity index (χ0n) is 13.8. The van der Waals surface area contributed by atoms with Crippen LogP contribution in [0.5, 0.6) is 5.75 Å². The molecule has 1 N–H and O–H groups in total. The monoisotopic (exact) mass is 327 g/mol. The number of hydrogen-bond donors (Lipinski definition) is 1. The number of esters is 1. The van der Waals surface area contributed by atoms with E-state index >= 15 is 0 Å². The molecule has 0 heterocycles. The summed E-state index contributed by atoms with van der Waals surface area (Å²) in [4.78, 5) is 23.9. The number of methoxy groups -OCH3 is 1. The summed E-state index contributed by atoms with van der Waals surface area (Å²) in [6, 6.07) is 15.9. The number of nitrogens with one attached hydrogen (secondary N) is 1. The average Bonchev–Trinajstić information content (AvgIpc) is 2.60. The Kier molecular flexibility index (Phi) is 6.37. The molecular formula is C19H21NO4. The molecule has 2 aromatic carbocycles. The van der Waals surface area contributed by atoms with Crippen LogP contribution in [0.15, 0.2) is 54.6 Å². The van der Waals surface area contributed by atoms with E-state index in [0.29, 0.717) is 11.3 Å². The van der Waals surface area contributed by atoms with Crippen molar-refractivity contribution in [2.75, 3.05) is 7.11 Å². The maximum atomic E-state index is 12.0. The first-order chi connectivity index (χ1) is 11.6. The summed E-state index contributed by atoms with van der Waals surface area (Å²) in [7, 11) is 1.57. The number of hydrogen-bond acceptors (Lipinski definition) is 4. The summed E-state index contributed by atoms with van der Waals surface area (Å²) in [5.41, 5.74) is 1.36. The molecule has 0 aromatic heterocycles. The van der Waals surface area contributed by atoms with E-state index in [9.17, 15) is 9.59 Å². The number of rotatable bonds is 7. The molecule has 2 aromatic rings. The van der Waals surface area contributed by atoms with Gasteiger partial charge in [0.2, 0.25) is 0 Å². The fourth-order valence-corrected chi connectivity index (χ4v) is 2.24. The molecule has 1 unspecified atom stereocenters. The van der Waals surface area contributed by atoms with Crippen molar-refractivity contribution in [3.05, 3.63) is 65.7 Å². The highest BCUT2D eigenvalue weighted by atomic mass is 16.5. The summed E-state index contributed by atoms with van der Waals surface area (Å²) in [5.74, 6) is 0.0955. The minimum absolute atomic E-state index is 0.105. The minimum Gasteiger partial charge on any atom is -0.496 e. The van der Waals surface area contributed by atoms with Crippen LogP contribution >= 0.6 is 0 Å². The molecule has 2 rings (SSSR count). The van der Waals surface area contributed by atoms with Gasteiger partial charge < -0.3 is 14.8 Å². The van der Waals surface area contributed by atoms with Crippen LogP contribution in [0.2, 0.25) is 0 Å². The standard InChI is InChI=1S/C19H21NO4/c1-14(20-19(22)15-8-4-3-5-9-15)12-18(21)24-13-16-10-6-7-11-17(16)23-2/h3-11,14H,12-13H2,1-2H3,(H,20,22). The van der Waals surface area contributed by atoms with Gasteiger partial charge in [-0.1, -0.05) is 36.4 Å². The van der Waals surface area contributed by atoms with Crippen molar-refractivity contribution in [1.29, 1.82) is 0 Å². The van der Waals surface area contributed by atoms with E-state index in [0.717, 1.165) is 5.56 Å². The Morgan fingerprint density at radius 3 is 2.42 bits per heavy atom. The first kappa shape index (κ1) is 17.5. The second kappa shape index (κ2) is 8.72. The SMILES string of the molecule is COc1ccccc1COC(=O)CC(C)NC(=O)c1ccccc1. The van der Waals surface area contributed by atoms with E-state index in [1.807, 2.05) is 30.3 Å². The largest absolute Gasteiger partial charge is 0.496 e. The van der Waals surface area contributed by atoms with Crippen molar-refractivity contribution >= 4 is 11.9 Å². The Balaban J connectivity index is 1.80. The molecule has 0 aliphatic carbocycles. The highest BCUT2D eigenvalue weighted by molar-refractivity contribution is 5.94. The average molecular weight is 327 g/mol.